The first-order valence-corrected chi connectivity index (χ1v) is 8.04. The molecule has 1 heteroatoms. The van der Waals surface area contributed by atoms with Gasteiger partial charge in [-0.3, -0.25) is 4.79 Å². The van der Waals surface area contributed by atoms with Crippen LogP contribution in [0.25, 0.3) is 0 Å². The van der Waals surface area contributed by atoms with Gasteiger partial charge in [0.1, 0.15) is 5.78 Å². The molecule has 1 fully saturated rings. The summed E-state index contributed by atoms with van der Waals surface area (Å²) in [5, 5.41) is 0. The van der Waals surface area contributed by atoms with E-state index in [1.165, 1.54) is 12.8 Å². The molecule has 0 N–H and O–H groups in total. The van der Waals surface area contributed by atoms with Crippen molar-refractivity contribution in [2.45, 2.75) is 44.9 Å². The van der Waals surface area contributed by atoms with E-state index in [2.05, 4.69) is 48.6 Å². The highest BCUT2D eigenvalue weighted by atomic mass is 16.1. The van der Waals surface area contributed by atoms with Crippen molar-refractivity contribution in [2.24, 2.45) is 17.3 Å². The summed E-state index contributed by atoms with van der Waals surface area (Å²) in [4.78, 5) is 13.0. The maximum Gasteiger partial charge on any atom is 0.140 e. The van der Waals surface area contributed by atoms with Crippen molar-refractivity contribution >= 4 is 5.78 Å². The van der Waals surface area contributed by atoms with Gasteiger partial charge in [0.2, 0.25) is 0 Å². The smallest absolute Gasteiger partial charge is 0.140 e. The third-order valence-electron chi connectivity index (χ3n) is 5.30. The highest BCUT2D eigenvalue weighted by Crippen LogP contribution is 2.50. The second kappa shape index (κ2) is 5.95. The molecule has 0 amide bonds. The predicted octanol–water partition coefficient (Wildman–Crippen LogP) is 4.77. The molecular formula is C19H24O. The summed E-state index contributed by atoms with van der Waals surface area (Å²) >= 11 is 0. The van der Waals surface area contributed by atoms with Gasteiger partial charge in [-0.1, -0.05) is 61.4 Å². The minimum Gasteiger partial charge on any atom is -0.299 e. The number of carbonyl (C=O) groups excluding carboxylic acids is 1. The van der Waals surface area contributed by atoms with E-state index in [9.17, 15) is 4.79 Å². The molecule has 1 nitrogen and oxygen atoms in total. The molecule has 3 aliphatic rings. The fourth-order valence-electron chi connectivity index (χ4n) is 4.24. The molecule has 3 rings (SSSR count). The molecule has 0 radical (unpaired) electrons. The number of ketones is 1. The standard InChI is InChI=1S/C19H24O/c20-18-14-8-3-9-15-19(18,16-10-4-1-5-11-16)17-12-6-2-7-13-17/h1-2,4-7,10,12,16-17H,3,8-9,11,13-15H2. The van der Waals surface area contributed by atoms with E-state index in [1.54, 1.807) is 0 Å². The van der Waals surface area contributed by atoms with Crippen molar-refractivity contribution in [3.63, 3.8) is 0 Å². The Balaban J connectivity index is 1.98. The fraction of sp³-hybridized carbons (Fsp3) is 0.526. The summed E-state index contributed by atoms with van der Waals surface area (Å²) in [5.74, 6) is 1.29. The first-order chi connectivity index (χ1) is 9.84. The molecular weight excluding hydrogens is 244 g/mol. The number of Topliss-reactive ketones (excluding diaryl/α,β-unsaturated/α-hetero) is 1. The Morgan fingerprint density at radius 1 is 0.850 bits per heavy atom. The van der Waals surface area contributed by atoms with Crippen molar-refractivity contribution in [3.8, 4) is 0 Å². The zero-order valence-corrected chi connectivity index (χ0v) is 12.1. The molecule has 0 aliphatic heterocycles. The van der Waals surface area contributed by atoms with Crippen LogP contribution in [0.5, 0.6) is 0 Å². The van der Waals surface area contributed by atoms with Crippen LogP contribution in [0.3, 0.4) is 0 Å². The lowest BCUT2D eigenvalue weighted by atomic mass is 9.58. The van der Waals surface area contributed by atoms with Crippen LogP contribution >= 0.6 is 0 Å². The largest absolute Gasteiger partial charge is 0.299 e. The quantitative estimate of drug-likeness (QED) is 0.659. The first kappa shape index (κ1) is 13.6. The Kier molecular flexibility index (Phi) is 4.05. The number of rotatable bonds is 2. The molecule has 0 bridgehead atoms. The zero-order valence-electron chi connectivity index (χ0n) is 12.1. The Hall–Kier alpha value is -1.37. The number of allylic oxidation sites excluding steroid dienone is 8. The molecule has 0 aromatic rings. The van der Waals surface area contributed by atoms with E-state index in [1.807, 2.05) is 0 Å². The molecule has 0 spiro atoms. The van der Waals surface area contributed by atoms with E-state index in [4.69, 9.17) is 0 Å². The summed E-state index contributed by atoms with van der Waals surface area (Å²) in [6.07, 6.45) is 24.9. The van der Waals surface area contributed by atoms with Crippen molar-refractivity contribution in [1.82, 2.24) is 0 Å². The first-order valence-electron chi connectivity index (χ1n) is 8.04. The minimum absolute atomic E-state index is 0.154. The minimum atomic E-state index is -0.154. The van der Waals surface area contributed by atoms with Crippen LogP contribution in [-0.2, 0) is 4.79 Å². The van der Waals surface area contributed by atoms with Crippen molar-refractivity contribution in [2.75, 3.05) is 0 Å². The third kappa shape index (κ3) is 2.34. The molecule has 3 aliphatic carbocycles. The van der Waals surface area contributed by atoms with Gasteiger partial charge in [-0.2, -0.15) is 0 Å². The van der Waals surface area contributed by atoms with E-state index >= 15 is 0 Å². The number of hydrogen-bond donors (Lipinski definition) is 0. The van der Waals surface area contributed by atoms with Crippen LogP contribution in [0.4, 0.5) is 0 Å². The topological polar surface area (TPSA) is 17.1 Å². The van der Waals surface area contributed by atoms with Gasteiger partial charge in [0.05, 0.1) is 0 Å². The molecule has 2 unspecified atom stereocenters. The number of carbonyl (C=O) groups is 1. The van der Waals surface area contributed by atoms with Gasteiger partial charge in [0.15, 0.2) is 0 Å². The lowest BCUT2D eigenvalue weighted by Gasteiger charge is -2.43. The van der Waals surface area contributed by atoms with Gasteiger partial charge >= 0.3 is 0 Å². The van der Waals surface area contributed by atoms with Gasteiger partial charge in [-0.25, -0.2) is 0 Å². The maximum absolute atomic E-state index is 13.0. The van der Waals surface area contributed by atoms with E-state index in [0.717, 1.165) is 32.1 Å². The molecule has 1 saturated carbocycles. The predicted molar refractivity (Wildman–Crippen MR) is 83.3 cm³/mol. The van der Waals surface area contributed by atoms with Gasteiger partial charge in [0, 0.05) is 11.8 Å². The molecule has 106 valence electrons. The van der Waals surface area contributed by atoms with Crippen LogP contribution in [-0.4, -0.2) is 5.78 Å². The van der Waals surface area contributed by atoms with Gasteiger partial charge in [-0.05, 0) is 37.5 Å². The van der Waals surface area contributed by atoms with Crippen LogP contribution in [0.15, 0.2) is 48.6 Å². The second-order valence-corrected chi connectivity index (χ2v) is 6.33. The Labute approximate surface area is 122 Å². The average molecular weight is 268 g/mol. The average Bonchev–Trinajstić information content (AvgIpc) is 2.72. The summed E-state index contributed by atoms with van der Waals surface area (Å²) in [7, 11) is 0. The molecule has 2 atom stereocenters. The fourth-order valence-corrected chi connectivity index (χ4v) is 4.24. The molecule has 20 heavy (non-hydrogen) atoms. The SMILES string of the molecule is O=C1CCCCCC1(C1C=CC=CC1)C1C=CC=CC1. The normalized spacial score (nSPS) is 37.1. The molecule has 0 heterocycles. The Bertz CT molecular complexity index is 448. The summed E-state index contributed by atoms with van der Waals surface area (Å²) in [6.45, 7) is 0. The van der Waals surface area contributed by atoms with Crippen molar-refractivity contribution in [3.05, 3.63) is 48.6 Å². The van der Waals surface area contributed by atoms with E-state index in [0.29, 0.717) is 17.6 Å². The van der Waals surface area contributed by atoms with Crippen LogP contribution < -0.4 is 0 Å². The van der Waals surface area contributed by atoms with Crippen LogP contribution in [0.2, 0.25) is 0 Å². The third-order valence-corrected chi connectivity index (χ3v) is 5.30. The highest BCUT2D eigenvalue weighted by Gasteiger charge is 2.48. The maximum atomic E-state index is 13.0. The monoisotopic (exact) mass is 268 g/mol. The summed E-state index contributed by atoms with van der Waals surface area (Å²) in [6, 6.07) is 0. The van der Waals surface area contributed by atoms with Crippen molar-refractivity contribution in [1.29, 1.82) is 0 Å². The van der Waals surface area contributed by atoms with Crippen LogP contribution in [0.1, 0.15) is 44.9 Å². The van der Waals surface area contributed by atoms with Gasteiger partial charge in [0.25, 0.3) is 0 Å². The summed E-state index contributed by atoms with van der Waals surface area (Å²) in [5.41, 5.74) is -0.154. The Morgan fingerprint density at radius 3 is 2.05 bits per heavy atom. The number of hydrogen-bond acceptors (Lipinski definition) is 1. The second-order valence-electron chi connectivity index (χ2n) is 6.33. The van der Waals surface area contributed by atoms with E-state index < -0.39 is 0 Å². The van der Waals surface area contributed by atoms with Crippen molar-refractivity contribution < 1.29 is 4.79 Å². The van der Waals surface area contributed by atoms with Crippen LogP contribution in [0, 0.1) is 17.3 Å². The summed E-state index contributed by atoms with van der Waals surface area (Å²) < 4.78 is 0. The lowest BCUT2D eigenvalue weighted by Crippen LogP contribution is -2.43. The zero-order chi connectivity index (χ0) is 13.8. The molecule has 0 aromatic heterocycles. The highest BCUT2D eigenvalue weighted by molar-refractivity contribution is 5.86. The van der Waals surface area contributed by atoms with Gasteiger partial charge < -0.3 is 0 Å². The van der Waals surface area contributed by atoms with Gasteiger partial charge in [-0.15, -0.1) is 0 Å². The lowest BCUT2D eigenvalue weighted by molar-refractivity contribution is -0.133. The molecule has 0 saturated heterocycles. The molecule has 0 aromatic carbocycles. The van der Waals surface area contributed by atoms with E-state index in [-0.39, 0.29) is 5.41 Å². The Morgan fingerprint density at radius 2 is 1.50 bits per heavy atom.